The monoisotopic (exact) mass is 629 g/mol. The van der Waals surface area contributed by atoms with E-state index >= 15 is 0 Å². The minimum Gasteiger partial charge on any atom is -0.399 e. The van der Waals surface area contributed by atoms with Gasteiger partial charge in [0.1, 0.15) is 0 Å². The molecular weight excluding hydrogens is 612 g/mol. The van der Waals surface area contributed by atoms with Crippen molar-refractivity contribution in [1.29, 1.82) is 0 Å². The number of rotatable bonds is 7. The molecule has 0 aromatic heterocycles. The predicted molar refractivity (Wildman–Crippen MR) is 155 cm³/mol. The number of hydrogen-bond acceptors (Lipinski definition) is 5. The predicted octanol–water partition coefficient (Wildman–Crippen LogP) is 7.52. The molecule has 0 heterocycles. The molecule has 0 saturated heterocycles. The Morgan fingerprint density at radius 3 is 1.71 bits per heavy atom. The summed E-state index contributed by atoms with van der Waals surface area (Å²) in [5.41, 5.74) is 6.39. The third-order valence-corrected chi connectivity index (χ3v) is 10.2. The van der Waals surface area contributed by atoms with Crippen LogP contribution in [-0.4, -0.2) is 16.8 Å². The number of benzene rings is 4. The van der Waals surface area contributed by atoms with Crippen molar-refractivity contribution in [2.75, 3.05) is 14.8 Å². The van der Waals surface area contributed by atoms with Crippen LogP contribution in [0.25, 0.3) is 0 Å². The standard InChI is InChI=1S/C25H19Cl4N3O4S2/c1-15-14-16(30)12-13-19(15)32(38(35,36)18-10-6-3-7-11-18)25-22(28)20(26)24(21(27)23(25)29)31-37(33,34)17-8-4-2-5-9-17/h2-14,31H,30H2,1H3. The summed E-state index contributed by atoms with van der Waals surface area (Å²) in [7, 11) is -8.49. The lowest BCUT2D eigenvalue weighted by Gasteiger charge is -2.29. The Labute approximate surface area is 240 Å². The number of nitrogens with two attached hydrogens (primary N) is 1. The van der Waals surface area contributed by atoms with Crippen molar-refractivity contribution in [1.82, 2.24) is 0 Å². The van der Waals surface area contributed by atoms with E-state index in [0.29, 0.717) is 11.3 Å². The molecule has 0 unspecified atom stereocenters. The summed E-state index contributed by atoms with van der Waals surface area (Å²) in [6.45, 7) is 1.66. The van der Waals surface area contributed by atoms with Crippen LogP contribution in [0.5, 0.6) is 0 Å². The zero-order valence-electron chi connectivity index (χ0n) is 19.5. The highest BCUT2D eigenvalue weighted by atomic mass is 35.5. The van der Waals surface area contributed by atoms with E-state index in [1.807, 2.05) is 0 Å². The second kappa shape index (κ2) is 10.8. The van der Waals surface area contributed by atoms with Gasteiger partial charge < -0.3 is 5.73 Å². The molecule has 13 heteroatoms. The van der Waals surface area contributed by atoms with Crippen LogP contribution in [0, 0.1) is 6.92 Å². The van der Waals surface area contributed by atoms with E-state index in [0.717, 1.165) is 4.31 Å². The van der Waals surface area contributed by atoms with Crippen molar-refractivity contribution < 1.29 is 16.8 Å². The molecule has 0 bridgehead atoms. The third-order valence-electron chi connectivity index (χ3n) is 5.45. The molecule has 0 aliphatic carbocycles. The summed E-state index contributed by atoms with van der Waals surface area (Å²) in [6.07, 6.45) is 0. The summed E-state index contributed by atoms with van der Waals surface area (Å²) in [6, 6.07) is 19.7. The maximum Gasteiger partial charge on any atom is 0.268 e. The molecule has 0 radical (unpaired) electrons. The fourth-order valence-electron chi connectivity index (χ4n) is 3.66. The molecule has 7 nitrogen and oxygen atoms in total. The number of aryl methyl sites for hydroxylation is 1. The van der Waals surface area contributed by atoms with Gasteiger partial charge in [-0.05, 0) is 55.0 Å². The second-order valence-corrected chi connectivity index (χ2v) is 13.0. The van der Waals surface area contributed by atoms with Crippen LogP contribution in [-0.2, 0) is 20.0 Å². The number of halogens is 4. The van der Waals surface area contributed by atoms with E-state index < -0.39 is 20.0 Å². The highest BCUT2D eigenvalue weighted by Crippen LogP contribution is 2.52. The van der Waals surface area contributed by atoms with Crippen molar-refractivity contribution in [3.8, 4) is 0 Å². The van der Waals surface area contributed by atoms with Crippen LogP contribution in [0.2, 0.25) is 20.1 Å². The molecule has 0 aliphatic rings. The van der Waals surface area contributed by atoms with Crippen LogP contribution in [0.3, 0.4) is 0 Å². The van der Waals surface area contributed by atoms with Crippen LogP contribution in [0.15, 0.2) is 88.7 Å². The zero-order valence-corrected chi connectivity index (χ0v) is 24.1. The Morgan fingerprint density at radius 1 is 0.711 bits per heavy atom. The van der Waals surface area contributed by atoms with Gasteiger partial charge in [-0.3, -0.25) is 4.72 Å². The maximum atomic E-state index is 14.0. The number of sulfonamides is 2. The van der Waals surface area contributed by atoms with E-state index in [2.05, 4.69) is 4.72 Å². The molecule has 0 amide bonds. The second-order valence-electron chi connectivity index (χ2n) is 8.03. The van der Waals surface area contributed by atoms with Gasteiger partial charge in [-0.1, -0.05) is 82.8 Å². The molecule has 38 heavy (non-hydrogen) atoms. The average Bonchev–Trinajstić information content (AvgIpc) is 2.89. The highest BCUT2D eigenvalue weighted by molar-refractivity contribution is 7.93. The minimum absolute atomic E-state index is 0.0609. The fourth-order valence-corrected chi connectivity index (χ4v) is 7.68. The maximum absolute atomic E-state index is 14.0. The molecule has 3 N–H and O–H groups in total. The van der Waals surface area contributed by atoms with Crippen molar-refractivity contribution in [2.24, 2.45) is 0 Å². The summed E-state index contributed by atoms with van der Waals surface area (Å²) in [4.78, 5) is -0.126. The number of nitrogens with zero attached hydrogens (tertiary/aromatic N) is 1. The third kappa shape index (κ3) is 5.27. The quantitative estimate of drug-likeness (QED) is 0.162. The average molecular weight is 631 g/mol. The molecule has 0 aliphatic heterocycles. The summed E-state index contributed by atoms with van der Waals surface area (Å²) in [5.74, 6) is 0. The summed E-state index contributed by atoms with van der Waals surface area (Å²) in [5, 5.41) is -1.39. The van der Waals surface area contributed by atoms with Crippen molar-refractivity contribution >= 4 is 89.2 Å². The number of hydrogen-bond donors (Lipinski definition) is 2. The Bertz CT molecular complexity index is 1710. The molecular formula is C25H19Cl4N3O4S2. The number of anilines is 4. The zero-order chi connectivity index (χ0) is 27.8. The van der Waals surface area contributed by atoms with Gasteiger partial charge in [-0.25, -0.2) is 21.1 Å². The minimum atomic E-state index is -4.34. The molecule has 0 atom stereocenters. The topological polar surface area (TPSA) is 110 Å². The first kappa shape index (κ1) is 28.4. The largest absolute Gasteiger partial charge is 0.399 e. The Hall–Kier alpha value is -2.66. The van der Waals surface area contributed by atoms with Gasteiger partial charge in [0.05, 0.1) is 46.9 Å². The first-order chi connectivity index (χ1) is 17.9. The lowest BCUT2D eigenvalue weighted by Crippen LogP contribution is -2.28. The van der Waals surface area contributed by atoms with Gasteiger partial charge in [-0.2, -0.15) is 0 Å². The van der Waals surface area contributed by atoms with E-state index in [4.69, 9.17) is 52.1 Å². The SMILES string of the molecule is Cc1cc(N)ccc1N(c1c(Cl)c(Cl)c(NS(=O)(=O)c2ccccc2)c(Cl)c1Cl)S(=O)(=O)c1ccccc1. The van der Waals surface area contributed by atoms with Crippen LogP contribution in [0.1, 0.15) is 5.56 Å². The normalized spacial score (nSPS) is 11.8. The van der Waals surface area contributed by atoms with Crippen LogP contribution < -0.4 is 14.8 Å². The van der Waals surface area contributed by atoms with Gasteiger partial charge in [0, 0.05) is 5.69 Å². The first-order valence-electron chi connectivity index (χ1n) is 10.8. The van der Waals surface area contributed by atoms with Crippen molar-refractivity contribution in [3.63, 3.8) is 0 Å². The van der Waals surface area contributed by atoms with Gasteiger partial charge >= 0.3 is 0 Å². The molecule has 4 aromatic rings. The fraction of sp³-hybridized carbons (Fsp3) is 0.0400. The van der Waals surface area contributed by atoms with Crippen molar-refractivity contribution in [2.45, 2.75) is 16.7 Å². The smallest absolute Gasteiger partial charge is 0.268 e. The number of nitrogen functional groups attached to an aromatic ring is 1. The van der Waals surface area contributed by atoms with Gasteiger partial charge in [0.25, 0.3) is 20.0 Å². The Morgan fingerprint density at radius 2 is 1.21 bits per heavy atom. The van der Waals surface area contributed by atoms with Crippen molar-refractivity contribution in [3.05, 3.63) is 105 Å². The first-order valence-corrected chi connectivity index (χ1v) is 15.2. The molecule has 0 spiro atoms. The number of nitrogens with one attached hydrogen (secondary N) is 1. The van der Waals surface area contributed by atoms with Gasteiger partial charge in [0.15, 0.2) is 0 Å². The molecule has 4 rings (SSSR count). The Balaban J connectivity index is 1.98. The van der Waals surface area contributed by atoms with E-state index in [-0.39, 0.29) is 46.9 Å². The van der Waals surface area contributed by atoms with Crippen LogP contribution >= 0.6 is 46.4 Å². The molecule has 0 saturated carbocycles. The molecule has 198 valence electrons. The van der Waals surface area contributed by atoms with Gasteiger partial charge in [-0.15, -0.1) is 0 Å². The highest BCUT2D eigenvalue weighted by Gasteiger charge is 2.35. The van der Waals surface area contributed by atoms with E-state index in [1.54, 1.807) is 49.4 Å². The van der Waals surface area contributed by atoms with Gasteiger partial charge in [0.2, 0.25) is 0 Å². The molecule has 0 fully saturated rings. The molecule has 4 aromatic carbocycles. The lowest BCUT2D eigenvalue weighted by atomic mass is 10.1. The lowest BCUT2D eigenvalue weighted by molar-refractivity contribution is 0.595. The van der Waals surface area contributed by atoms with E-state index in [9.17, 15) is 16.8 Å². The van der Waals surface area contributed by atoms with Crippen LogP contribution in [0.4, 0.5) is 22.7 Å². The van der Waals surface area contributed by atoms with E-state index in [1.165, 1.54) is 36.4 Å². The summed E-state index contributed by atoms with van der Waals surface area (Å²) >= 11 is 26.3. The summed E-state index contributed by atoms with van der Waals surface area (Å²) < 4.78 is 57.1. The Kier molecular flexibility index (Phi) is 8.09.